The molecule has 1 amide bonds. The van der Waals surface area contributed by atoms with E-state index < -0.39 is 0 Å². The minimum atomic E-state index is -0.0804. The number of hydrogen-bond donors (Lipinski definition) is 1. The zero-order valence-corrected chi connectivity index (χ0v) is 11.2. The molecule has 16 heavy (non-hydrogen) atoms. The zero-order chi connectivity index (χ0) is 11.7. The van der Waals surface area contributed by atoms with Crippen LogP contribution in [-0.2, 0) is 13.0 Å². The number of fused-ring (bicyclic) bond motifs is 1. The summed E-state index contributed by atoms with van der Waals surface area (Å²) in [6.07, 6.45) is 3.01. The smallest absolute Gasteiger partial charge is 0.272 e. The summed E-state index contributed by atoms with van der Waals surface area (Å²) in [6, 6.07) is 0.191. The van der Waals surface area contributed by atoms with Gasteiger partial charge in [0.25, 0.3) is 5.91 Å². The first-order chi connectivity index (χ1) is 7.63. The molecule has 88 valence electrons. The number of halogens is 1. The summed E-state index contributed by atoms with van der Waals surface area (Å²) in [5.74, 6) is 0.935. The summed E-state index contributed by atoms with van der Waals surface area (Å²) in [5.41, 5.74) is 0.523. The van der Waals surface area contributed by atoms with E-state index in [-0.39, 0.29) is 11.9 Å². The van der Waals surface area contributed by atoms with Gasteiger partial charge in [0, 0.05) is 19.0 Å². The van der Waals surface area contributed by atoms with Gasteiger partial charge in [-0.1, -0.05) is 6.92 Å². The molecule has 1 aliphatic rings. The Morgan fingerprint density at radius 2 is 2.44 bits per heavy atom. The maximum atomic E-state index is 11.9. The first-order valence-corrected chi connectivity index (χ1v) is 6.48. The van der Waals surface area contributed by atoms with Crippen LogP contribution in [0.4, 0.5) is 0 Å². The molecule has 5 heteroatoms. The van der Waals surface area contributed by atoms with Crippen LogP contribution in [0.1, 0.15) is 43.0 Å². The number of amides is 1. The molecule has 1 aromatic rings. The molecule has 0 saturated carbocycles. The van der Waals surface area contributed by atoms with Crippen molar-refractivity contribution in [3.05, 3.63) is 16.1 Å². The van der Waals surface area contributed by atoms with Crippen molar-refractivity contribution in [1.29, 1.82) is 0 Å². The molecule has 0 fully saturated rings. The molecule has 2 heterocycles. The van der Waals surface area contributed by atoms with Crippen molar-refractivity contribution >= 4 is 21.8 Å². The Bertz CT molecular complexity index is 414. The average molecular weight is 286 g/mol. The van der Waals surface area contributed by atoms with Crippen LogP contribution in [0.2, 0.25) is 0 Å². The second-order valence-corrected chi connectivity index (χ2v) is 4.96. The number of carbonyl (C=O) groups excluding carboxylic acids is 1. The third kappa shape index (κ3) is 2.00. The summed E-state index contributed by atoms with van der Waals surface area (Å²) in [5, 5.41) is 2.93. The maximum absolute atomic E-state index is 11.9. The van der Waals surface area contributed by atoms with Gasteiger partial charge in [0.2, 0.25) is 0 Å². The molecule has 2 rings (SSSR count). The van der Waals surface area contributed by atoms with Gasteiger partial charge >= 0.3 is 0 Å². The van der Waals surface area contributed by atoms with Crippen molar-refractivity contribution < 1.29 is 4.79 Å². The summed E-state index contributed by atoms with van der Waals surface area (Å²) in [4.78, 5) is 16.3. The lowest BCUT2D eigenvalue weighted by molar-refractivity contribution is 0.0933. The molecule has 1 N–H and O–H groups in total. The fraction of sp³-hybridized carbons (Fsp3) is 0.636. The van der Waals surface area contributed by atoms with E-state index >= 15 is 0 Å². The number of imidazole rings is 1. The van der Waals surface area contributed by atoms with Gasteiger partial charge in [0.05, 0.1) is 0 Å². The Kier molecular flexibility index (Phi) is 3.33. The zero-order valence-electron chi connectivity index (χ0n) is 9.59. The van der Waals surface area contributed by atoms with Crippen molar-refractivity contribution in [2.75, 3.05) is 0 Å². The van der Waals surface area contributed by atoms with E-state index in [4.69, 9.17) is 0 Å². The SMILES string of the molecule is CCC(C)NC(=O)c1nc2n(c1Br)CCC2. The minimum absolute atomic E-state index is 0.0804. The van der Waals surface area contributed by atoms with Gasteiger partial charge in [-0.2, -0.15) is 0 Å². The van der Waals surface area contributed by atoms with Crippen molar-refractivity contribution in [3.63, 3.8) is 0 Å². The topological polar surface area (TPSA) is 46.9 Å². The Balaban J connectivity index is 2.18. The van der Waals surface area contributed by atoms with Gasteiger partial charge in [-0.05, 0) is 35.7 Å². The number of nitrogens with one attached hydrogen (secondary N) is 1. The molecule has 1 atom stereocenters. The molecule has 0 radical (unpaired) electrons. The largest absolute Gasteiger partial charge is 0.348 e. The second kappa shape index (κ2) is 4.57. The lowest BCUT2D eigenvalue weighted by Crippen LogP contribution is -2.32. The van der Waals surface area contributed by atoms with Crippen LogP contribution in [0.5, 0.6) is 0 Å². The Labute approximate surface area is 104 Å². The summed E-state index contributed by atoms with van der Waals surface area (Å²) in [6.45, 7) is 5.00. The lowest BCUT2D eigenvalue weighted by Gasteiger charge is -2.10. The third-order valence-electron chi connectivity index (χ3n) is 2.97. The second-order valence-electron chi connectivity index (χ2n) is 4.21. The van der Waals surface area contributed by atoms with E-state index in [0.717, 1.165) is 36.2 Å². The first-order valence-electron chi connectivity index (χ1n) is 5.69. The predicted octanol–water partition coefficient (Wildman–Crippen LogP) is 2.12. The number of nitrogens with zero attached hydrogens (tertiary/aromatic N) is 2. The number of aromatic nitrogens is 2. The van der Waals surface area contributed by atoms with Crippen LogP contribution < -0.4 is 5.32 Å². The van der Waals surface area contributed by atoms with E-state index in [1.54, 1.807) is 0 Å². The first kappa shape index (κ1) is 11.6. The highest BCUT2D eigenvalue weighted by Gasteiger charge is 2.23. The van der Waals surface area contributed by atoms with E-state index in [0.29, 0.717) is 5.69 Å². The molecule has 1 aromatic heterocycles. The third-order valence-corrected chi connectivity index (χ3v) is 3.78. The minimum Gasteiger partial charge on any atom is -0.348 e. The highest BCUT2D eigenvalue weighted by molar-refractivity contribution is 9.10. The van der Waals surface area contributed by atoms with Crippen LogP contribution in [0.3, 0.4) is 0 Å². The molecule has 1 unspecified atom stereocenters. The lowest BCUT2D eigenvalue weighted by atomic mass is 10.2. The number of rotatable bonds is 3. The van der Waals surface area contributed by atoms with E-state index in [9.17, 15) is 4.79 Å². The van der Waals surface area contributed by atoms with Gasteiger partial charge in [0.1, 0.15) is 10.4 Å². The van der Waals surface area contributed by atoms with Gasteiger partial charge in [-0.25, -0.2) is 4.98 Å². The fourth-order valence-electron chi connectivity index (χ4n) is 1.83. The van der Waals surface area contributed by atoms with E-state index in [1.165, 1.54) is 0 Å². The quantitative estimate of drug-likeness (QED) is 0.925. The molecule has 0 saturated heterocycles. The molecule has 0 bridgehead atoms. The van der Waals surface area contributed by atoms with Crippen LogP contribution in [0.15, 0.2) is 4.60 Å². The fourth-order valence-corrected chi connectivity index (χ4v) is 2.48. The maximum Gasteiger partial charge on any atom is 0.272 e. The highest BCUT2D eigenvalue weighted by Crippen LogP contribution is 2.24. The molecular formula is C11H16BrN3O. The summed E-state index contributed by atoms with van der Waals surface area (Å²) < 4.78 is 2.90. The van der Waals surface area contributed by atoms with E-state index in [2.05, 4.69) is 30.8 Å². The molecule has 0 aliphatic carbocycles. The number of aryl methyl sites for hydroxylation is 1. The van der Waals surface area contributed by atoms with Gasteiger partial charge < -0.3 is 9.88 Å². The standard InChI is InChI=1S/C11H16BrN3O/c1-3-7(2)13-11(16)9-10(12)15-6-4-5-8(15)14-9/h7H,3-6H2,1-2H3,(H,13,16). The highest BCUT2D eigenvalue weighted by atomic mass is 79.9. The summed E-state index contributed by atoms with van der Waals surface area (Å²) in [7, 11) is 0. The van der Waals surface area contributed by atoms with Gasteiger partial charge in [0.15, 0.2) is 5.69 Å². The Morgan fingerprint density at radius 3 is 3.06 bits per heavy atom. The average Bonchev–Trinajstić information content (AvgIpc) is 2.81. The van der Waals surface area contributed by atoms with Crippen LogP contribution in [0.25, 0.3) is 0 Å². The van der Waals surface area contributed by atoms with E-state index in [1.807, 2.05) is 13.8 Å². The van der Waals surface area contributed by atoms with Crippen molar-refractivity contribution in [2.45, 2.75) is 45.7 Å². The van der Waals surface area contributed by atoms with Gasteiger partial charge in [-0.15, -0.1) is 0 Å². The molecule has 0 aromatic carbocycles. The number of hydrogen-bond acceptors (Lipinski definition) is 2. The van der Waals surface area contributed by atoms with Crippen molar-refractivity contribution in [2.24, 2.45) is 0 Å². The number of carbonyl (C=O) groups is 1. The van der Waals surface area contributed by atoms with Crippen LogP contribution in [0, 0.1) is 0 Å². The van der Waals surface area contributed by atoms with Crippen LogP contribution in [-0.4, -0.2) is 21.5 Å². The molecule has 4 nitrogen and oxygen atoms in total. The van der Waals surface area contributed by atoms with Gasteiger partial charge in [-0.3, -0.25) is 4.79 Å². The van der Waals surface area contributed by atoms with Crippen molar-refractivity contribution in [1.82, 2.24) is 14.9 Å². The molecular weight excluding hydrogens is 270 g/mol. The summed E-state index contributed by atoms with van der Waals surface area (Å²) >= 11 is 3.45. The monoisotopic (exact) mass is 285 g/mol. The normalized spacial score (nSPS) is 15.9. The predicted molar refractivity (Wildman–Crippen MR) is 65.5 cm³/mol. The Hall–Kier alpha value is -0.840. The Morgan fingerprint density at radius 1 is 1.69 bits per heavy atom. The molecule has 1 aliphatic heterocycles. The van der Waals surface area contributed by atoms with Crippen molar-refractivity contribution in [3.8, 4) is 0 Å². The van der Waals surface area contributed by atoms with Crippen LogP contribution >= 0.6 is 15.9 Å². The molecule has 0 spiro atoms.